The zero-order valence-electron chi connectivity index (χ0n) is 28.5. The fourth-order valence-corrected chi connectivity index (χ4v) is 8.70. The van der Waals surface area contributed by atoms with E-state index in [4.69, 9.17) is 14.4 Å². The van der Waals surface area contributed by atoms with Crippen LogP contribution in [0.2, 0.25) is 19.6 Å². The van der Waals surface area contributed by atoms with Gasteiger partial charge in [-0.2, -0.15) is 0 Å². The maximum absolute atomic E-state index is 11.0. The second-order valence-electron chi connectivity index (χ2n) is 14.4. The average molecular weight is 658 g/mol. The summed E-state index contributed by atoms with van der Waals surface area (Å²) in [6.45, 7) is 11.8. The number of phenols is 1. The molecule has 49 heavy (non-hydrogen) atoms. The van der Waals surface area contributed by atoms with Crippen LogP contribution in [0.5, 0.6) is 5.75 Å². The van der Waals surface area contributed by atoms with E-state index in [1.54, 1.807) is 6.07 Å². The molecule has 0 spiro atoms. The van der Waals surface area contributed by atoms with Gasteiger partial charge in [0.15, 0.2) is 0 Å². The largest absolute Gasteiger partial charge is 0.507 e. The Balaban J connectivity index is 1.43. The average Bonchev–Trinajstić information content (AvgIpc) is 3.67. The van der Waals surface area contributed by atoms with Crippen LogP contribution >= 0.6 is 0 Å². The normalized spacial score (nSPS) is 12.1. The number of rotatable bonds is 7. The highest BCUT2D eigenvalue weighted by Crippen LogP contribution is 2.43. The monoisotopic (exact) mass is 657 g/mol. The van der Waals surface area contributed by atoms with Crippen molar-refractivity contribution in [1.82, 2.24) is 14.5 Å². The Morgan fingerprint density at radius 3 is 2.27 bits per heavy atom. The third-order valence-electron chi connectivity index (χ3n) is 9.33. The van der Waals surface area contributed by atoms with Gasteiger partial charge in [0.05, 0.1) is 30.4 Å². The topological polar surface area (TPSA) is 64.1 Å². The number of hydrogen-bond acceptors (Lipinski definition) is 4. The number of hydrogen-bond donors (Lipinski definition) is 1. The maximum atomic E-state index is 11.0. The van der Waals surface area contributed by atoms with E-state index in [2.05, 4.69) is 105 Å². The highest BCUT2D eigenvalue weighted by atomic mass is 28.3. The van der Waals surface area contributed by atoms with Crippen LogP contribution in [0.3, 0.4) is 0 Å². The van der Waals surface area contributed by atoms with Crippen molar-refractivity contribution in [2.45, 2.75) is 39.9 Å². The van der Waals surface area contributed by atoms with Crippen molar-refractivity contribution in [2.24, 2.45) is 5.92 Å². The van der Waals surface area contributed by atoms with Gasteiger partial charge in [0.25, 0.3) is 0 Å². The van der Waals surface area contributed by atoms with Gasteiger partial charge in [-0.05, 0) is 77.7 Å². The SMILES string of the molecule is CC(C)Cc1cc(-c2cc(-c3cccc4c3nc(-c3ccccc3O)n4-c3ccccc3)c3oc4ccccc4c3c2)ncc1[Si](C)(C)C. The van der Waals surface area contributed by atoms with Gasteiger partial charge in [-0.3, -0.25) is 9.55 Å². The second-order valence-corrected chi connectivity index (χ2v) is 19.4. The molecule has 0 atom stereocenters. The molecule has 6 heteroatoms. The molecule has 0 saturated carbocycles. The van der Waals surface area contributed by atoms with E-state index in [1.807, 2.05) is 48.5 Å². The third kappa shape index (κ3) is 5.42. The third-order valence-corrected chi connectivity index (χ3v) is 11.4. The molecular formula is C43H39N3O2Si. The number of aromatic nitrogens is 3. The van der Waals surface area contributed by atoms with Crippen LogP contribution in [0.25, 0.3) is 72.4 Å². The Morgan fingerprint density at radius 2 is 1.49 bits per heavy atom. The molecule has 3 aromatic heterocycles. The number of furan rings is 1. The van der Waals surface area contributed by atoms with Crippen molar-refractivity contribution in [1.29, 1.82) is 0 Å². The van der Waals surface area contributed by atoms with Crippen LogP contribution in [0.15, 0.2) is 126 Å². The maximum Gasteiger partial charge on any atom is 0.149 e. The fourth-order valence-electron chi connectivity index (χ4n) is 7.11. The summed E-state index contributed by atoms with van der Waals surface area (Å²) in [5, 5.41) is 14.5. The van der Waals surface area contributed by atoms with Crippen molar-refractivity contribution >= 4 is 46.2 Å². The minimum Gasteiger partial charge on any atom is -0.507 e. The predicted molar refractivity (Wildman–Crippen MR) is 206 cm³/mol. The molecule has 0 radical (unpaired) electrons. The summed E-state index contributed by atoms with van der Waals surface area (Å²) in [7, 11) is -1.60. The molecular weight excluding hydrogens is 619 g/mol. The zero-order chi connectivity index (χ0) is 33.9. The molecule has 3 heterocycles. The van der Waals surface area contributed by atoms with E-state index < -0.39 is 8.07 Å². The summed E-state index contributed by atoms with van der Waals surface area (Å²) < 4.78 is 8.78. The summed E-state index contributed by atoms with van der Waals surface area (Å²) in [6, 6.07) is 38.9. The summed E-state index contributed by atoms with van der Waals surface area (Å²) >= 11 is 0. The van der Waals surface area contributed by atoms with Crippen LogP contribution in [0.1, 0.15) is 19.4 Å². The number of phenolic OH excluding ortho intramolecular Hbond substituents is 1. The van der Waals surface area contributed by atoms with Gasteiger partial charge in [-0.25, -0.2) is 4.98 Å². The molecule has 0 bridgehead atoms. The first-order valence-corrected chi connectivity index (χ1v) is 20.5. The minimum absolute atomic E-state index is 0.184. The van der Waals surface area contributed by atoms with Crippen molar-refractivity contribution in [3.8, 4) is 45.2 Å². The molecule has 5 nitrogen and oxygen atoms in total. The van der Waals surface area contributed by atoms with Crippen molar-refractivity contribution in [3.05, 3.63) is 127 Å². The smallest absolute Gasteiger partial charge is 0.149 e. The quantitative estimate of drug-likeness (QED) is 0.173. The molecule has 0 aliphatic rings. The Morgan fingerprint density at radius 1 is 0.755 bits per heavy atom. The molecule has 0 fully saturated rings. The van der Waals surface area contributed by atoms with Gasteiger partial charge in [-0.15, -0.1) is 0 Å². The van der Waals surface area contributed by atoms with Crippen LogP contribution in [-0.2, 0) is 6.42 Å². The van der Waals surface area contributed by atoms with Crippen LogP contribution < -0.4 is 5.19 Å². The van der Waals surface area contributed by atoms with Crippen molar-refractivity contribution in [2.75, 3.05) is 0 Å². The Kier molecular flexibility index (Phi) is 7.49. The fraction of sp³-hybridized carbons (Fsp3) is 0.163. The first kappa shape index (κ1) is 30.8. The standard InChI is InChI=1S/C43H39N3O2Si/c1-27(2)22-29-25-36(44-26-40(29)49(3,4)5)28-23-34-31-16-10-12-21-39(31)48-42(34)35(24-28)32-18-13-19-37-41(32)45-43(33-17-9-11-20-38(33)47)46(37)30-14-7-6-8-15-30/h6-21,23-27,47H,22H2,1-5H3. The number of nitrogens with zero attached hydrogens (tertiary/aromatic N) is 3. The van der Waals surface area contributed by atoms with E-state index in [0.717, 1.165) is 67.5 Å². The highest BCUT2D eigenvalue weighted by molar-refractivity contribution is 6.89. The lowest BCUT2D eigenvalue weighted by Gasteiger charge is -2.22. The molecule has 8 rings (SSSR count). The molecule has 0 aliphatic heterocycles. The Hall–Kier alpha value is -5.46. The summed E-state index contributed by atoms with van der Waals surface area (Å²) in [6.07, 6.45) is 3.15. The summed E-state index contributed by atoms with van der Waals surface area (Å²) in [5.41, 5.74) is 10.4. The molecule has 0 unspecified atom stereocenters. The molecule has 0 saturated heterocycles. The van der Waals surface area contributed by atoms with Gasteiger partial charge in [0.2, 0.25) is 0 Å². The minimum atomic E-state index is -1.60. The summed E-state index contributed by atoms with van der Waals surface area (Å²) in [5.74, 6) is 1.39. The Labute approximate surface area is 287 Å². The Bertz CT molecular complexity index is 2500. The number of aromatic hydroxyl groups is 1. The predicted octanol–water partition coefficient (Wildman–Crippen LogP) is 10.8. The first-order valence-electron chi connectivity index (χ1n) is 17.0. The van der Waals surface area contributed by atoms with Gasteiger partial charge < -0.3 is 9.52 Å². The molecule has 1 N–H and O–H groups in total. The molecule has 0 aliphatic carbocycles. The number of fused-ring (bicyclic) bond motifs is 4. The number of para-hydroxylation sites is 4. The van der Waals surface area contributed by atoms with Crippen molar-refractivity contribution in [3.63, 3.8) is 0 Å². The lowest BCUT2D eigenvalue weighted by atomic mass is 9.95. The molecule has 0 amide bonds. The number of benzene rings is 5. The zero-order valence-corrected chi connectivity index (χ0v) is 29.5. The highest BCUT2D eigenvalue weighted by Gasteiger charge is 2.25. The van der Waals surface area contributed by atoms with Crippen molar-refractivity contribution < 1.29 is 9.52 Å². The molecule has 5 aromatic carbocycles. The van der Waals surface area contributed by atoms with Crippen LogP contribution in [0.4, 0.5) is 0 Å². The van der Waals surface area contributed by atoms with Crippen LogP contribution in [-0.4, -0.2) is 27.7 Å². The molecule has 8 aromatic rings. The first-order chi connectivity index (χ1) is 23.7. The van der Waals surface area contributed by atoms with Crippen LogP contribution in [0, 0.1) is 5.92 Å². The molecule has 242 valence electrons. The van der Waals surface area contributed by atoms with E-state index in [1.165, 1.54) is 10.8 Å². The van der Waals surface area contributed by atoms with E-state index >= 15 is 0 Å². The van der Waals surface area contributed by atoms with E-state index in [0.29, 0.717) is 17.3 Å². The van der Waals surface area contributed by atoms with Gasteiger partial charge in [0.1, 0.15) is 22.7 Å². The number of imidazole rings is 1. The number of pyridine rings is 1. The van der Waals surface area contributed by atoms with Gasteiger partial charge >= 0.3 is 0 Å². The summed E-state index contributed by atoms with van der Waals surface area (Å²) in [4.78, 5) is 10.4. The second kappa shape index (κ2) is 11.9. The van der Waals surface area contributed by atoms with E-state index in [-0.39, 0.29) is 5.75 Å². The van der Waals surface area contributed by atoms with Gasteiger partial charge in [-0.1, -0.05) is 94.2 Å². The lowest BCUT2D eigenvalue weighted by molar-refractivity contribution is 0.477. The van der Waals surface area contributed by atoms with E-state index in [9.17, 15) is 5.11 Å². The van der Waals surface area contributed by atoms with Gasteiger partial charge in [0, 0.05) is 39.3 Å². The lowest BCUT2D eigenvalue weighted by Crippen LogP contribution is -2.40.